The highest BCUT2D eigenvalue weighted by Gasteiger charge is 2.57. The number of fused-ring (bicyclic) bond motifs is 1. The highest BCUT2D eigenvalue weighted by Crippen LogP contribution is 2.59. The summed E-state index contributed by atoms with van der Waals surface area (Å²) in [5.74, 6) is 0. The molecular weight excluding hydrogens is 458 g/mol. The Hall–Kier alpha value is -1.59. The summed E-state index contributed by atoms with van der Waals surface area (Å²) in [7, 11) is -0.625. The van der Waals surface area contributed by atoms with Crippen molar-refractivity contribution in [3.63, 3.8) is 0 Å². The maximum absolute atomic E-state index is 6.56. The maximum atomic E-state index is 6.56. The Balaban J connectivity index is 1.37. The van der Waals surface area contributed by atoms with E-state index in [4.69, 9.17) is 18.6 Å². The Morgan fingerprint density at radius 2 is 0.892 bits per heavy atom. The van der Waals surface area contributed by atoms with Crippen LogP contribution in [0, 0.1) is 0 Å². The van der Waals surface area contributed by atoms with E-state index in [1.54, 1.807) is 11.1 Å². The van der Waals surface area contributed by atoms with Gasteiger partial charge in [-0.15, -0.1) is 0 Å². The third-order valence-corrected chi connectivity index (χ3v) is 11.0. The average molecular weight is 498 g/mol. The molecule has 0 bridgehead atoms. The smallest absolute Gasteiger partial charge is 0.399 e. The third kappa shape index (κ3) is 3.08. The number of rotatable bonds is 2. The topological polar surface area (TPSA) is 36.9 Å². The van der Waals surface area contributed by atoms with Gasteiger partial charge >= 0.3 is 14.2 Å². The van der Waals surface area contributed by atoms with Crippen LogP contribution in [0.3, 0.4) is 0 Å². The van der Waals surface area contributed by atoms with Crippen molar-refractivity contribution in [2.45, 2.75) is 122 Å². The van der Waals surface area contributed by atoms with Crippen LogP contribution in [0.5, 0.6) is 0 Å². The van der Waals surface area contributed by atoms with Gasteiger partial charge in [0.25, 0.3) is 0 Å². The van der Waals surface area contributed by atoms with Gasteiger partial charge in [0.1, 0.15) is 0 Å². The SMILES string of the molecule is CC1(C)OB(c2ccc3c4c2CCCC42CCCc4c(B5OC(C)(C)C(C)(C)O5)ccc-3c42)OC1(C)C. The third-order valence-electron chi connectivity index (χ3n) is 11.0. The van der Waals surface area contributed by atoms with Gasteiger partial charge in [0.15, 0.2) is 0 Å². The molecule has 0 radical (unpaired) electrons. The Morgan fingerprint density at radius 1 is 0.541 bits per heavy atom. The van der Waals surface area contributed by atoms with E-state index in [0.717, 1.165) is 12.8 Å². The van der Waals surface area contributed by atoms with E-state index in [-0.39, 0.29) is 42.1 Å². The fraction of sp³-hybridized carbons (Fsp3) is 0.613. The first-order valence-electron chi connectivity index (χ1n) is 14.3. The summed E-state index contributed by atoms with van der Waals surface area (Å²) in [6.07, 6.45) is 7.01. The summed E-state index contributed by atoms with van der Waals surface area (Å²) in [5, 5.41) is 0. The minimum absolute atomic E-state index is 0.0884. The van der Waals surface area contributed by atoms with Gasteiger partial charge in [-0.1, -0.05) is 24.3 Å². The molecule has 0 saturated carbocycles. The van der Waals surface area contributed by atoms with Gasteiger partial charge in [-0.25, -0.2) is 0 Å². The summed E-state index contributed by atoms with van der Waals surface area (Å²) >= 11 is 0. The molecule has 2 aromatic rings. The van der Waals surface area contributed by atoms with Crippen molar-refractivity contribution in [3.05, 3.63) is 46.5 Å². The molecule has 0 N–H and O–H groups in total. The first kappa shape index (κ1) is 24.5. The molecule has 1 spiro atoms. The zero-order valence-corrected chi connectivity index (χ0v) is 23.8. The second-order valence-corrected chi connectivity index (χ2v) is 14.1. The maximum Gasteiger partial charge on any atom is 0.495 e. The quantitative estimate of drug-likeness (QED) is 0.532. The fourth-order valence-electron chi connectivity index (χ4n) is 7.67. The molecule has 0 amide bonds. The molecule has 3 aliphatic carbocycles. The molecule has 6 heteroatoms. The molecule has 2 aliphatic heterocycles. The van der Waals surface area contributed by atoms with E-state index >= 15 is 0 Å². The lowest BCUT2D eigenvalue weighted by molar-refractivity contribution is 0.00578. The first-order chi connectivity index (χ1) is 17.3. The van der Waals surface area contributed by atoms with E-state index in [1.165, 1.54) is 58.9 Å². The lowest BCUT2D eigenvalue weighted by Gasteiger charge is -2.42. The van der Waals surface area contributed by atoms with Crippen molar-refractivity contribution in [3.8, 4) is 11.1 Å². The van der Waals surface area contributed by atoms with Gasteiger partial charge < -0.3 is 18.6 Å². The number of hydrogen-bond donors (Lipinski definition) is 0. The Bertz CT molecular complexity index is 1190. The highest BCUT2D eigenvalue weighted by molar-refractivity contribution is 6.63. The normalized spacial score (nSPS) is 26.8. The Labute approximate surface area is 223 Å². The van der Waals surface area contributed by atoms with Crippen LogP contribution in [0.25, 0.3) is 11.1 Å². The summed E-state index contributed by atoms with van der Waals surface area (Å²) in [6, 6.07) is 9.30. The average Bonchev–Trinajstić information content (AvgIpc) is 3.31. The minimum Gasteiger partial charge on any atom is -0.399 e. The zero-order valence-electron chi connectivity index (χ0n) is 23.8. The molecule has 7 rings (SSSR count). The summed E-state index contributed by atoms with van der Waals surface area (Å²) in [5.41, 5.74) is 10.1. The van der Waals surface area contributed by atoms with Gasteiger partial charge in [0, 0.05) is 5.41 Å². The molecule has 0 unspecified atom stereocenters. The molecule has 2 saturated heterocycles. The molecule has 0 aromatic heterocycles. The predicted octanol–water partition coefficient (Wildman–Crippen LogP) is 5.22. The van der Waals surface area contributed by atoms with Gasteiger partial charge in [-0.05, 0) is 138 Å². The summed E-state index contributed by atoms with van der Waals surface area (Å²) in [6.45, 7) is 17.2. The first-order valence-corrected chi connectivity index (χ1v) is 14.3. The molecule has 2 heterocycles. The van der Waals surface area contributed by atoms with E-state index in [0.29, 0.717) is 0 Å². The van der Waals surface area contributed by atoms with Crippen molar-refractivity contribution in [1.29, 1.82) is 0 Å². The molecule has 5 aliphatic rings. The van der Waals surface area contributed by atoms with E-state index in [1.807, 2.05) is 0 Å². The van der Waals surface area contributed by atoms with Crippen LogP contribution in [-0.2, 0) is 36.9 Å². The van der Waals surface area contributed by atoms with E-state index in [9.17, 15) is 0 Å². The number of benzene rings is 2. The Kier molecular flexibility index (Phi) is 4.84. The molecule has 4 nitrogen and oxygen atoms in total. The van der Waals surface area contributed by atoms with Crippen LogP contribution >= 0.6 is 0 Å². The summed E-state index contributed by atoms with van der Waals surface area (Å²) in [4.78, 5) is 0. The Morgan fingerprint density at radius 3 is 1.24 bits per heavy atom. The molecule has 2 aromatic carbocycles. The van der Waals surface area contributed by atoms with Crippen LogP contribution in [0.4, 0.5) is 0 Å². The molecular formula is C31H40B2O4. The molecule has 194 valence electrons. The monoisotopic (exact) mass is 498 g/mol. The van der Waals surface area contributed by atoms with Crippen molar-refractivity contribution in [2.75, 3.05) is 0 Å². The van der Waals surface area contributed by atoms with Crippen LogP contribution in [0.1, 0.15) is 103 Å². The van der Waals surface area contributed by atoms with E-state index in [2.05, 4.69) is 79.7 Å². The van der Waals surface area contributed by atoms with Gasteiger partial charge in [0.05, 0.1) is 22.4 Å². The van der Waals surface area contributed by atoms with Crippen LogP contribution < -0.4 is 10.9 Å². The number of hydrogen-bond acceptors (Lipinski definition) is 4. The van der Waals surface area contributed by atoms with E-state index < -0.39 is 0 Å². The molecule has 0 atom stereocenters. The van der Waals surface area contributed by atoms with Crippen LogP contribution in [-0.4, -0.2) is 36.6 Å². The van der Waals surface area contributed by atoms with Crippen LogP contribution in [0.2, 0.25) is 0 Å². The largest absolute Gasteiger partial charge is 0.495 e. The lowest BCUT2D eigenvalue weighted by Crippen LogP contribution is -2.44. The van der Waals surface area contributed by atoms with Gasteiger partial charge in [-0.2, -0.15) is 0 Å². The van der Waals surface area contributed by atoms with Crippen molar-refractivity contribution in [2.24, 2.45) is 0 Å². The fourth-order valence-corrected chi connectivity index (χ4v) is 7.67. The zero-order chi connectivity index (χ0) is 26.2. The minimum atomic E-state index is -0.339. The predicted molar refractivity (Wildman–Crippen MR) is 150 cm³/mol. The van der Waals surface area contributed by atoms with Gasteiger partial charge in [-0.3, -0.25) is 0 Å². The summed E-state index contributed by atoms with van der Waals surface area (Å²) < 4.78 is 26.3. The van der Waals surface area contributed by atoms with Crippen molar-refractivity contribution in [1.82, 2.24) is 0 Å². The molecule has 37 heavy (non-hydrogen) atoms. The standard InChI is InChI=1S/C31H40B2O4/c1-27(2)28(3,4)35-32(34-27)23-15-13-19-20-14-16-24(33-36-29(5,6)30(7,8)37-33)22-12-10-18-31(26(20)22)17-9-11-21(23)25(19)31/h13-16H,9-12,17-18H2,1-8H3. The van der Waals surface area contributed by atoms with Crippen LogP contribution in [0.15, 0.2) is 24.3 Å². The highest BCUT2D eigenvalue weighted by atomic mass is 16.7. The van der Waals surface area contributed by atoms with Crippen molar-refractivity contribution < 1.29 is 18.6 Å². The van der Waals surface area contributed by atoms with Crippen molar-refractivity contribution >= 4 is 25.2 Å². The molecule has 2 fully saturated rings. The second-order valence-electron chi connectivity index (χ2n) is 14.1. The second kappa shape index (κ2) is 7.33. The lowest BCUT2D eigenvalue weighted by atomic mass is 9.58. The van der Waals surface area contributed by atoms with Gasteiger partial charge in [0.2, 0.25) is 0 Å².